The minimum absolute atomic E-state index is 0.590. The molecule has 0 aliphatic heterocycles. The van der Waals surface area contributed by atoms with E-state index in [1.165, 1.54) is 16.8 Å². The topological polar surface area (TPSA) is 72.3 Å². The van der Waals surface area contributed by atoms with E-state index in [0.717, 1.165) is 25.1 Å². The molecule has 0 bridgehead atoms. The Morgan fingerprint density at radius 2 is 2.10 bits per heavy atom. The number of benzene rings is 1. The summed E-state index contributed by atoms with van der Waals surface area (Å²) in [6, 6.07) is 10.4. The van der Waals surface area contributed by atoms with Gasteiger partial charge in [0.15, 0.2) is 0 Å². The van der Waals surface area contributed by atoms with Gasteiger partial charge in [-0.2, -0.15) is 10.3 Å². The molecule has 0 fully saturated rings. The van der Waals surface area contributed by atoms with Gasteiger partial charge in [-0.05, 0) is 29.5 Å². The Labute approximate surface area is 122 Å². The summed E-state index contributed by atoms with van der Waals surface area (Å²) < 4.78 is 2.10. The van der Waals surface area contributed by atoms with Gasteiger partial charge in [0, 0.05) is 11.3 Å². The minimum Gasteiger partial charge on any atom is -0.264 e. The monoisotopic (exact) mass is 280 g/mol. The third-order valence-corrected chi connectivity index (χ3v) is 3.99. The van der Waals surface area contributed by atoms with E-state index in [1.54, 1.807) is 0 Å². The number of nitrogens with one attached hydrogen (secondary N) is 1. The molecular weight excluding hydrogens is 264 g/mol. The molecule has 21 heavy (non-hydrogen) atoms. The van der Waals surface area contributed by atoms with Gasteiger partial charge in [0.2, 0.25) is 5.82 Å². The highest BCUT2D eigenvalue weighted by molar-refractivity contribution is 5.57. The molecule has 1 unspecified atom stereocenters. The summed E-state index contributed by atoms with van der Waals surface area (Å²) in [5, 5.41) is 19.1. The van der Waals surface area contributed by atoms with E-state index in [9.17, 15) is 0 Å². The highest BCUT2D eigenvalue weighted by Crippen LogP contribution is 2.33. The Bertz CT molecular complexity index is 744. The zero-order chi connectivity index (χ0) is 14.2. The van der Waals surface area contributed by atoms with Gasteiger partial charge in [-0.15, -0.1) is 10.2 Å². The molecule has 1 aromatic carbocycles. The fourth-order valence-electron chi connectivity index (χ4n) is 3.06. The lowest BCUT2D eigenvalue weighted by Crippen LogP contribution is -2.07. The van der Waals surface area contributed by atoms with Gasteiger partial charge < -0.3 is 0 Å². The van der Waals surface area contributed by atoms with E-state index in [1.807, 2.05) is 6.07 Å². The summed E-state index contributed by atoms with van der Waals surface area (Å²) in [6.07, 6.45) is 2.10. The van der Waals surface area contributed by atoms with Gasteiger partial charge in [0.25, 0.3) is 0 Å². The van der Waals surface area contributed by atoms with Crippen LogP contribution in [0.15, 0.2) is 30.3 Å². The second-order valence-corrected chi connectivity index (χ2v) is 5.67. The van der Waals surface area contributed by atoms with Crippen molar-refractivity contribution in [2.24, 2.45) is 5.92 Å². The second-order valence-electron chi connectivity index (χ2n) is 5.67. The van der Waals surface area contributed by atoms with Crippen LogP contribution in [-0.2, 0) is 19.4 Å². The van der Waals surface area contributed by atoms with E-state index < -0.39 is 0 Å². The maximum atomic E-state index is 4.74. The van der Waals surface area contributed by atoms with E-state index in [0.29, 0.717) is 11.7 Å². The van der Waals surface area contributed by atoms with Crippen molar-refractivity contribution in [2.45, 2.75) is 26.3 Å². The van der Waals surface area contributed by atoms with Crippen LogP contribution in [0.3, 0.4) is 0 Å². The zero-order valence-electron chi connectivity index (χ0n) is 11.8. The van der Waals surface area contributed by atoms with Crippen molar-refractivity contribution in [1.82, 2.24) is 30.4 Å². The molecule has 3 aromatic rings. The Balaban J connectivity index is 1.77. The van der Waals surface area contributed by atoms with Crippen molar-refractivity contribution in [1.29, 1.82) is 0 Å². The van der Waals surface area contributed by atoms with Crippen molar-refractivity contribution in [3.63, 3.8) is 0 Å². The van der Waals surface area contributed by atoms with Gasteiger partial charge >= 0.3 is 0 Å². The largest absolute Gasteiger partial charge is 0.264 e. The number of hydrogen-bond acceptors (Lipinski definition) is 4. The first kappa shape index (κ1) is 12.3. The molecule has 0 amide bonds. The standard InChI is InChI=1S/C15H16N6/c1-10-7-12-13(8-10)21(9-11-5-3-2-4-6-11)18-14(12)15-16-19-20-17-15/h2-6,10H,7-9H2,1H3,(H,16,17,19,20). The molecule has 1 aliphatic rings. The van der Waals surface area contributed by atoms with Crippen LogP contribution in [0.1, 0.15) is 23.7 Å². The maximum absolute atomic E-state index is 4.74. The maximum Gasteiger partial charge on any atom is 0.225 e. The predicted octanol–water partition coefficient (Wildman–Crippen LogP) is 1.85. The summed E-state index contributed by atoms with van der Waals surface area (Å²) >= 11 is 0. The van der Waals surface area contributed by atoms with Gasteiger partial charge in [-0.25, -0.2) is 0 Å². The molecule has 2 heterocycles. The fraction of sp³-hybridized carbons (Fsp3) is 0.333. The van der Waals surface area contributed by atoms with Crippen LogP contribution >= 0.6 is 0 Å². The van der Waals surface area contributed by atoms with Crippen LogP contribution in [0.25, 0.3) is 11.5 Å². The van der Waals surface area contributed by atoms with Gasteiger partial charge in [0.1, 0.15) is 5.69 Å². The van der Waals surface area contributed by atoms with Crippen molar-refractivity contribution in [3.8, 4) is 11.5 Å². The summed E-state index contributed by atoms with van der Waals surface area (Å²) in [7, 11) is 0. The lowest BCUT2D eigenvalue weighted by Gasteiger charge is -2.06. The molecule has 6 nitrogen and oxygen atoms in total. The van der Waals surface area contributed by atoms with Gasteiger partial charge in [-0.3, -0.25) is 4.68 Å². The number of hydrogen-bond donors (Lipinski definition) is 1. The zero-order valence-corrected chi connectivity index (χ0v) is 11.8. The van der Waals surface area contributed by atoms with Crippen molar-refractivity contribution >= 4 is 0 Å². The number of aromatic nitrogens is 6. The number of rotatable bonds is 3. The molecule has 2 aromatic heterocycles. The number of nitrogens with zero attached hydrogens (tertiary/aromatic N) is 5. The van der Waals surface area contributed by atoms with Crippen molar-refractivity contribution < 1.29 is 0 Å². The van der Waals surface area contributed by atoms with E-state index in [-0.39, 0.29) is 0 Å². The number of fused-ring (bicyclic) bond motifs is 1. The molecular formula is C15H16N6. The number of tetrazole rings is 1. The van der Waals surface area contributed by atoms with Crippen LogP contribution in [0.5, 0.6) is 0 Å². The van der Waals surface area contributed by atoms with Crippen LogP contribution < -0.4 is 0 Å². The van der Waals surface area contributed by atoms with E-state index in [4.69, 9.17) is 5.10 Å². The van der Waals surface area contributed by atoms with Crippen LogP contribution in [0.2, 0.25) is 0 Å². The first-order chi connectivity index (χ1) is 10.3. The average molecular weight is 280 g/mol. The SMILES string of the molecule is CC1Cc2c(-c3nn[nH]n3)nn(Cc3ccccc3)c2C1. The lowest BCUT2D eigenvalue weighted by atomic mass is 10.1. The van der Waals surface area contributed by atoms with Crippen molar-refractivity contribution in [3.05, 3.63) is 47.2 Å². The Morgan fingerprint density at radius 1 is 1.24 bits per heavy atom. The molecule has 1 N–H and O–H groups in total. The van der Waals surface area contributed by atoms with Crippen molar-refractivity contribution in [2.75, 3.05) is 0 Å². The highest BCUT2D eigenvalue weighted by Gasteiger charge is 2.29. The summed E-state index contributed by atoms with van der Waals surface area (Å²) in [4.78, 5) is 0. The molecule has 0 spiro atoms. The quantitative estimate of drug-likeness (QED) is 0.794. The van der Waals surface area contributed by atoms with E-state index in [2.05, 4.69) is 56.5 Å². The molecule has 1 aliphatic carbocycles. The van der Waals surface area contributed by atoms with Gasteiger partial charge in [0.05, 0.1) is 6.54 Å². The predicted molar refractivity (Wildman–Crippen MR) is 77.5 cm³/mol. The Kier molecular flexibility index (Phi) is 2.80. The molecule has 0 saturated heterocycles. The summed E-state index contributed by atoms with van der Waals surface area (Å²) in [5.41, 5.74) is 4.71. The molecule has 0 saturated carbocycles. The van der Waals surface area contributed by atoms with Crippen LogP contribution in [0.4, 0.5) is 0 Å². The van der Waals surface area contributed by atoms with Crippen LogP contribution in [0, 0.1) is 5.92 Å². The fourth-order valence-corrected chi connectivity index (χ4v) is 3.06. The van der Waals surface area contributed by atoms with E-state index >= 15 is 0 Å². The second kappa shape index (κ2) is 4.80. The van der Waals surface area contributed by atoms with Gasteiger partial charge in [-0.1, -0.05) is 37.3 Å². The number of H-pyrrole nitrogens is 1. The summed E-state index contributed by atoms with van der Waals surface area (Å²) in [5.74, 6) is 1.23. The first-order valence-corrected chi connectivity index (χ1v) is 7.17. The first-order valence-electron chi connectivity index (χ1n) is 7.17. The molecule has 106 valence electrons. The lowest BCUT2D eigenvalue weighted by molar-refractivity contribution is 0.576. The minimum atomic E-state index is 0.590. The third kappa shape index (κ3) is 2.12. The molecule has 1 atom stereocenters. The average Bonchev–Trinajstić information content (AvgIpc) is 3.18. The smallest absolute Gasteiger partial charge is 0.225 e. The molecule has 6 heteroatoms. The Hall–Kier alpha value is -2.50. The molecule has 4 rings (SSSR count). The molecule has 0 radical (unpaired) electrons. The van der Waals surface area contributed by atoms with Crippen LogP contribution in [-0.4, -0.2) is 30.4 Å². The normalized spacial score (nSPS) is 17.1. The Morgan fingerprint density at radius 3 is 2.86 bits per heavy atom. The highest BCUT2D eigenvalue weighted by atomic mass is 15.5. The summed E-state index contributed by atoms with van der Waals surface area (Å²) in [6.45, 7) is 3.06. The third-order valence-electron chi connectivity index (χ3n) is 3.99. The number of aromatic amines is 1.